The molecule has 0 bridgehead atoms. The number of carbonyl (C=O) groups excluding carboxylic acids is 1. The molecule has 0 aromatic heterocycles. The van der Waals surface area contributed by atoms with Crippen LogP contribution in [-0.4, -0.2) is 55.3 Å². The van der Waals surface area contributed by atoms with Gasteiger partial charge in [-0.05, 0) is 52.2 Å². The van der Waals surface area contributed by atoms with Crippen LogP contribution in [-0.2, 0) is 9.53 Å². The molecule has 2 heterocycles. The van der Waals surface area contributed by atoms with Crippen LogP contribution in [0.3, 0.4) is 0 Å². The van der Waals surface area contributed by atoms with E-state index >= 15 is 0 Å². The molecule has 0 N–H and O–H groups in total. The van der Waals surface area contributed by atoms with E-state index in [-0.39, 0.29) is 11.4 Å². The largest absolute Gasteiger partial charge is 0.495 e. The van der Waals surface area contributed by atoms with Gasteiger partial charge >= 0.3 is 0 Å². The minimum absolute atomic E-state index is 0.139. The molecule has 5 nitrogen and oxygen atoms in total. The van der Waals surface area contributed by atoms with Gasteiger partial charge in [0.1, 0.15) is 11.4 Å². The second-order valence-electron chi connectivity index (χ2n) is 7.90. The molecule has 0 aliphatic carbocycles. The van der Waals surface area contributed by atoms with E-state index in [1.54, 1.807) is 7.11 Å². The maximum atomic E-state index is 13.1. The van der Waals surface area contributed by atoms with Crippen molar-refractivity contribution in [1.29, 1.82) is 0 Å². The summed E-state index contributed by atoms with van der Waals surface area (Å²) >= 11 is 0. The number of hydrogen-bond acceptors (Lipinski definition) is 4. The van der Waals surface area contributed by atoms with E-state index in [0.717, 1.165) is 37.2 Å². The number of methoxy groups -OCH3 is 1. The van der Waals surface area contributed by atoms with Crippen LogP contribution in [0.1, 0.15) is 40.0 Å². The highest BCUT2D eigenvalue weighted by molar-refractivity contribution is 5.85. The van der Waals surface area contributed by atoms with Crippen LogP contribution in [0.5, 0.6) is 5.75 Å². The van der Waals surface area contributed by atoms with Gasteiger partial charge in [0.05, 0.1) is 18.3 Å². The molecular formula is C20H30N2O3. The van der Waals surface area contributed by atoms with Crippen molar-refractivity contribution < 1.29 is 14.3 Å². The van der Waals surface area contributed by atoms with Crippen LogP contribution in [0, 0.1) is 0 Å². The van der Waals surface area contributed by atoms with Crippen LogP contribution in [0.15, 0.2) is 24.3 Å². The van der Waals surface area contributed by atoms with Gasteiger partial charge in [-0.15, -0.1) is 0 Å². The molecular weight excluding hydrogens is 316 g/mol. The number of amides is 1. The molecule has 3 rings (SSSR count). The Bertz CT molecular complexity index is 623. The summed E-state index contributed by atoms with van der Waals surface area (Å²) in [6.07, 6.45) is 2.93. The number of ether oxygens (including phenoxy) is 2. The lowest BCUT2D eigenvalue weighted by Gasteiger charge is -2.50. The molecule has 2 saturated heterocycles. The third-order valence-corrected chi connectivity index (χ3v) is 5.49. The fourth-order valence-electron chi connectivity index (χ4n) is 4.06. The standard InChI is InChI=1S/C20H30N2O3/c1-19(2)15-21(18(23)20(3)11-7-8-14-25-20)12-13-22(19)16-9-5-6-10-17(16)24-4/h5-6,9-10H,7-8,11-15H2,1-4H3/t20-/m0/s1. The first-order valence-corrected chi connectivity index (χ1v) is 9.21. The summed E-state index contributed by atoms with van der Waals surface area (Å²) < 4.78 is 11.4. The number of piperazine rings is 1. The third-order valence-electron chi connectivity index (χ3n) is 5.49. The van der Waals surface area contributed by atoms with E-state index in [9.17, 15) is 4.79 Å². The Morgan fingerprint density at radius 2 is 1.92 bits per heavy atom. The van der Waals surface area contributed by atoms with Gasteiger partial charge in [0.2, 0.25) is 0 Å². The molecule has 1 aromatic rings. The monoisotopic (exact) mass is 346 g/mol. The molecule has 1 aromatic carbocycles. The summed E-state index contributed by atoms with van der Waals surface area (Å²) in [6, 6.07) is 8.09. The molecule has 1 atom stereocenters. The van der Waals surface area contributed by atoms with Crippen LogP contribution in [0.4, 0.5) is 5.69 Å². The van der Waals surface area contributed by atoms with Crippen molar-refractivity contribution in [3.8, 4) is 5.75 Å². The van der Waals surface area contributed by atoms with E-state index in [2.05, 4.69) is 24.8 Å². The smallest absolute Gasteiger partial charge is 0.254 e. The molecule has 2 aliphatic rings. The molecule has 25 heavy (non-hydrogen) atoms. The normalized spacial score (nSPS) is 26.4. The minimum atomic E-state index is -0.652. The Morgan fingerprint density at radius 1 is 1.16 bits per heavy atom. The van der Waals surface area contributed by atoms with Gasteiger partial charge in [-0.1, -0.05) is 12.1 Å². The number of carbonyl (C=O) groups is 1. The van der Waals surface area contributed by atoms with E-state index < -0.39 is 5.60 Å². The highest BCUT2D eigenvalue weighted by Gasteiger charge is 2.44. The highest BCUT2D eigenvalue weighted by Crippen LogP contribution is 2.36. The predicted molar refractivity (Wildman–Crippen MR) is 99.2 cm³/mol. The van der Waals surface area contributed by atoms with Gasteiger partial charge in [-0.3, -0.25) is 4.79 Å². The number of nitrogens with zero attached hydrogens (tertiary/aromatic N) is 2. The lowest BCUT2D eigenvalue weighted by molar-refractivity contribution is -0.163. The van der Waals surface area contributed by atoms with Gasteiger partial charge in [-0.2, -0.15) is 0 Å². The Balaban J connectivity index is 1.77. The van der Waals surface area contributed by atoms with Crippen LogP contribution in [0.2, 0.25) is 0 Å². The van der Waals surface area contributed by atoms with Crippen molar-refractivity contribution in [1.82, 2.24) is 4.90 Å². The highest BCUT2D eigenvalue weighted by atomic mass is 16.5. The number of benzene rings is 1. The maximum Gasteiger partial charge on any atom is 0.254 e. The van der Waals surface area contributed by atoms with Gasteiger partial charge in [-0.25, -0.2) is 0 Å². The Morgan fingerprint density at radius 3 is 2.56 bits per heavy atom. The summed E-state index contributed by atoms with van der Waals surface area (Å²) in [4.78, 5) is 17.4. The van der Waals surface area contributed by atoms with Crippen LogP contribution in [0.25, 0.3) is 0 Å². The molecule has 2 aliphatic heterocycles. The molecule has 5 heteroatoms. The van der Waals surface area contributed by atoms with Crippen molar-refractivity contribution in [2.24, 2.45) is 0 Å². The maximum absolute atomic E-state index is 13.1. The van der Waals surface area contributed by atoms with E-state index in [0.29, 0.717) is 19.7 Å². The number of anilines is 1. The average molecular weight is 346 g/mol. The van der Waals surface area contributed by atoms with Crippen molar-refractivity contribution in [3.63, 3.8) is 0 Å². The van der Waals surface area contributed by atoms with E-state index in [1.165, 1.54) is 0 Å². The topological polar surface area (TPSA) is 42.0 Å². The molecule has 1 amide bonds. The number of para-hydroxylation sites is 2. The lowest BCUT2D eigenvalue weighted by atomic mass is 9.91. The zero-order valence-corrected chi connectivity index (χ0v) is 15.9. The molecule has 0 spiro atoms. The fraction of sp³-hybridized carbons (Fsp3) is 0.650. The Hall–Kier alpha value is -1.75. The number of rotatable bonds is 3. The number of hydrogen-bond donors (Lipinski definition) is 0. The quantitative estimate of drug-likeness (QED) is 0.843. The Kier molecular flexibility index (Phi) is 4.96. The van der Waals surface area contributed by atoms with Gasteiger partial charge < -0.3 is 19.3 Å². The van der Waals surface area contributed by atoms with Crippen LogP contribution < -0.4 is 9.64 Å². The molecule has 0 saturated carbocycles. The summed E-state index contributed by atoms with van der Waals surface area (Å²) in [7, 11) is 1.70. The van der Waals surface area contributed by atoms with E-state index in [1.807, 2.05) is 30.0 Å². The van der Waals surface area contributed by atoms with Crippen LogP contribution >= 0.6 is 0 Å². The average Bonchev–Trinajstić information content (AvgIpc) is 2.61. The van der Waals surface area contributed by atoms with Crippen molar-refractivity contribution in [2.45, 2.75) is 51.2 Å². The first-order valence-electron chi connectivity index (χ1n) is 9.21. The predicted octanol–water partition coefficient (Wildman–Crippen LogP) is 3.08. The van der Waals surface area contributed by atoms with Gasteiger partial charge in [0.15, 0.2) is 0 Å². The SMILES string of the molecule is COc1ccccc1N1CCN(C(=O)[C@]2(C)CCCCO2)CC1(C)C. The van der Waals surface area contributed by atoms with Gasteiger partial charge in [0, 0.05) is 26.2 Å². The Labute approximate surface area is 150 Å². The zero-order valence-electron chi connectivity index (χ0n) is 15.9. The summed E-state index contributed by atoms with van der Waals surface area (Å²) in [5.74, 6) is 1.01. The summed E-state index contributed by atoms with van der Waals surface area (Å²) in [5.41, 5.74) is 0.261. The molecule has 0 radical (unpaired) electrons. The second-order valence-corrected chi connectivity index (χ2v) is 7.90. The minimum Gasteiger partial charge on any atom is -0.495 e. The van der Waals surface area contributed by atoms with E-state index in [4.69, 9.17) is 9.47 Å². The first-order chi connectivity index (χ1) is 11.9. The van der Waals surface area contributed by atoms with Crippen molar-refractivity contribution >= 4 is 11.6 Å². The molecule has 138 valence electrons. The summed E-state index contributed by atoms with van der Waals surface area (Å²) in [6.45, 7) is 9.18. The fourth-order valence-corrected chi connectivity index (χ4v) is 4.06. The lowest BCUT2D eigenvalue weighted by Crippen LogP contribution is -2.64. The summed E-state index contributed by atoms with van der Waals surface area (Å²) in [5, 5.41) is 0. The first kappa shape index (κ1) is 18.1. The molecule has 0 unspecified atom stereocenters. The van der Waals surface area contributed by atoms with Crippen molar-refractivity contribution in [2.75, 3.05) is 38.3 Å². The van der Waals surface area contributed by atoms with Crippen molar-refractivity contribution in [3.05, 3.63) is 24.3 Å². The van der Waals surface area contributed by atoms with Gasteiger partial charge in [0.25, 0.3) is 5.91 Å². The second kappa shape index (κ2) is 6.87. The molecule has 2 fully saturated rings. The third kappa shape index (κ3) is 3.47. The zero-order chi connectivity index (χ0) is 18.1.